The number of hydrogen-bond donors (Lipinski definition) is 0. The molecule has 0 aromatic heterocycles. The molecule has 0 atom stereocenters. The van der Waals surface area contributed by atoms with Crippen molar-refractivity contribution >= 4 is 23.2 Å². The molecule has 0 fully saturated rings. The molecule has 0 saturated heterocycles. The van der Waals surface area contributed by atoms with Gasteiger partial charge in [0.2, 0.25) is 0 Å². The van der Waals surface area contributed by atoms with E-state index in [1.54, 1.807) is 0 Å². The molecule has 3 aromatic carbocycles. The first-order valence-corrected chi connectivity index (χ1v) is 10.3. The summed E-state index contributed by atoms with van der Waals surface area (Å²) in [5.41, 5.74) is 0. The fourth-order valence-corrected chi connectivity index (χ4v) is 6.11. The van der Waals surface area contributed by atoms with Crippen LogP contribution in [-0.2, 0) is 0 Å². The first kappa shape index (κ1) is 16.7. The lowest BCUT2D eigenvalue weighted by Crippen LogP contribution is -2.30. The van der Waals surface area contributed by atoms with Crippen molar-refractivity contribution < 1.29 is 9.13 Å². The summed E-state index contributed by atoms with van der Waals surface area (Å²) in [5, 5.41) is 3.87. The van der Waals surface area contributed by atoms with E-state index in [0.717, 1.165) is 5.75 Å². The van der Waals surface area contributed by atoms with Gasteiger partial charge in [-0.05, 0) is 36.4 Å². The quantitative estimate of drug-likeness (QED) is 0.618. The largest absolute Gasteiger partial charge is 0.491 e. The summed E-state index contributed by atoms with van der Waals surface area (Å²) in [7, 11) is -1.76. The molecule has 0 bridgehead atoms. The predicted molar refractivity (Wildman–Crippen MR) is 103 cm³/mol. The van der Waals surface area contributed by atoms with Crippen molar-refractivity contribution in [3.05, 3.63) is 84.9 Å². The zero-order valence-electron chi connectivity index (χ0n) is 13.7. The van der Waals surface area contributed by atoms with Crippen molar-refractivity contribution in [2.75, 3.05) is 19.9 Å². The van der Waals surface area contributed by atoms with Crippen molar-refractivity contribution in [1.82, 2.24) is 0 Å². The number of alkyl halides is 1. The maximum atomic E-state index is 12.4. The van der Waals surface area contributed by atoms with E-state index < -0.39 is 13.9 Å². The summed E-state index contributed by atoms with van der Waals surface area (Å²) < 4.78 is 17.9. The Hall–Kier alpha value is -2.18. The molecule has 1 nitrogen and oxygen atoms in total. The second-order valence-electron chi connectivity index (χ2n) is 5.71. The molecule has 0 unspecified atom stereocenters. The number of hydrogen-bond acceptors (Lipinski definition) is 1. The molecule has 3 heteroatoms. The van der Waals surface area contributed by atoms with Crippen LogP contribution in [0.25, 0.3) is 0 Å². The SMILES string of the molecule is C[P+](c1ccccc1)(c1ccccc1)c1cccc(OCC[18F])c1. The van der Waals surface area contributed by atoms with Crippen LogP contribution in [0.4, 0.5) is 4.39 Å². The fourth-order valence-electron chi connectivity index (χ4n) is 2.91. The van der Waals surface area contributed by atoms with Gasteiger partial charge in [0.1, 0.15) is 42.2 Å². The third-order valence-corrected chi connectivity index (χ3v) is 8.20. The Morgan fingerprint density at radius 2 is 1.29 bits per heavy atom. The molecular formula is C21H21FOP+. The van der Waals surface area contributed by atoms with Gasteiger partial charge in [-0.1, -0.05) is 42.5 Å². The van der Waals surface area contributed by atoms with Crippen LogP contribution in [-0.4, -0.2) is 19.9 Å². The molecule has 0 aliphatic rings. The second-order valence-corrected chi connectivity index (χ2v) is 9.27. The van der Waals surface area contributed by atoms with Gasteiger partial charge in [-0.3, -0.25) is 0 Å². The fraction of sp³-hybridized carbons (Fsp3) is 0.143. The van der Waals surface area contributed by atoms with E-state index in [9.17, 15) is 4.39 Å². The molecule has 24 heavy (non-hydrogen) atoms. The minimum absolute atomic E-state index is 0.0925. The highest BCUT2D eigenvalue weighted by Crippen LogP contribution is 2.51. The van der Waals surface area contributed by atoms with Gasteiger partial charge in [0.25, 0.3) is 0 Å². The average molecular weight is 338 g/mol. The van der Waals surface area contributed by atoms with Crippen LogP contribution in [0.3, 0.4) is 0 Å². The van der Waals surface area contributed by atoms with Crippen molar-refractivity contribution in [1.29, 1.82) is 0 Å². The molecule has 0 N–H and O–H groups in total. The van der Waals surface area contributed by atoms with Crippen molar-refractivity contribution in [3.63, 3.8) is 0 Å². The highest BCUT2D eigenvalue weighted by molar-refractivity contribution is 7.95. The zero-order valence-corrected chi connectivity index (χ0v) is 14.6. The third kappa shape index (κ3) is 3.34. The van der Waals surface area contributed by atoms with Crippen LogP contribution < -0.4 is 20.7 Å². The Kier molecular flexibility index (Phi) is 5.27. The lowest BCUT2D eigenvalue weighted by atomic mass is 10.3. The Morgan fingerprint density at radius 1 is 0.750 bits per heavy atom. The van der Waals surface area contributed by atoms with Crippen molar-refractivity contribution in [2.45, 2.75) is 0 Å². The van der Waals surface area contributed by atoms with Gasteiger partial charge in [0.05, 0.1) is 6.66 Å². The lowest BCUT2D eigenvalue weighted by molar-refractivity contribution is 0.273. The highest BCUT2D eigenvalue weighted by Gasteiger charge is 2.40. The predicted octanol–water partition coefficient (Wildman–Crippen LogP) is 3.96. The standard InChI is InChI=1S/C21H21FOP/c1-24(19-10-4-2-5-11-19,20-12-6-3-7-13-20)21-14-8-9-18(17-21)23-16-15-22/h2-14,17H,15-16H2,1H3/q+1/i22-1. The molecule has 0 saturated carbocycles. The van der Waals surface area contributed by atoms with Gasteiger partial charge in [-0.25, -0.2) is 4.39 Å². The third-order valence-electron chi connectivity index (χ3n) is 4.23. The normalized spacial score (nSPS) is 11.2. The molecule has 3 rings (SSSR count). The summed E-state index contributed by atoms with van der Waals surface area (Å²) in [5.74, 6) is 0.725. The van der Waals surface area contributed by atoms with Gasteiger partial charge in [-0.2, -0.15) is 0 Å². The van der Waals surface area contributed by atoms with E-state index in [4.69, 9.17) is 4.74 Å². The zero-order chi connectivity index (χ0) is 16.8. The Labute approximate surface area is 143 Å². The summed E-state index contributed by atoms with van der Waals surface area (Å²) in [4.78, 5) is 0. The van der Waals surface area contributed by atoms with Gasteiger partial charge in [0.15, 0.2) is 0 Å². The molecule has 0 radical (unpaired) electrons. The summed E-state index contributed by atoms with van der Waals surface area (Å²) in [6.07, 6.45) is 0. The van der Waals surface area contributed by atoms with E-state index in [-0.39, 0.29) is 6.61 Å². The number of ether oxygens (including phenoxy) is 1. The van der Waals surface area contributed by atoms with Gasteiger partial charge in [-0.15, -0.1) is 0 Å². The maximum absolute atomic E-state index is 12.4. The van der Waals surface area contributed by atoms with Crippen LogP contribution in [0.1, 0.15) is 0 Å². The van der Waals surface area contributed by atoms with E-state index >= 15 is 0 Å². The molecule has 0 amide bonds. The van der Waals surface area contributed by atoms with E-state index in [1.807, 2.05) is 24.3 Å². The minimum Gasteiger partial charge on any atom is -0.491 e. The van der Waals surface area contributed by atoms with Crippen molar-refractivity contribution in [3.8, 4) is 5.75 Å². The first-order valence-electron chi connectivity index (χ1n) is 8.02. The summed E-state index contributed by atoms with van der Waals surface area (Å²) in [6.45, 7) is 1.94. The molecule has 122 valence electrons. The first-order chi connectivity index (χ1) is 11.7. The van der Waals surface area contributed by atoms with E-state index in [0.29, 0.717) is 0 Å². The molecular weight excluding hydrogens is 317 g/mol. The average Bonchev–Trinajstić information content (AvgIpc) is 2.67. The van der Waals surface area contributed by atoms with Crippen LogP contribution in [0.2, 0.25) is 0 Å². The van der Waals surface area contributed by atoms with E-state index in [1.165, 1.54) is 15.9 Å². The molecule has 0 heterocycles. The van der Waals surface area contributed by atoms with Crippen LogP contribution in [0.15, 0.2) is 84.9 Å². The smallest absolute Gasteiger partial charge is 0.123 e. The van der Waals surface area contributed by atoms with Crippen LogP contribution in [0, 0.1) is 0 Å². The number of halogens is 1. The second kappa shape index (κ2) is 7.59. The molecule has 0 aliphatic heterocycles. The summed E-state index contributed by atoms with van der Waals surface area (Å²) >= 11 is 0. The topological polar surface area (TPSA) is 9.23 Å². The number of benzene rings is 3. The Morgan fingerprint density at radius 3 is 1.83 bits per heavy atom. The van der Waals surface area contributed by atoms with E-state index in [2.05, 4.69) is 67.3 Å². The Bertz CT molecular complexity index is 735. The molecule has 0 aliphatic carbocycles. The Balaban J connectivity index is 2.13. The van der Waals surface area contributed by atoms with Crippen LogP contribution >= 0.6 is 7.26 Å². The molecule has 3 aromatic rings. The molecule has 0 spiro atoms. The van der Waals surface area contributed by atoms with Gasteiger partial charge < -0.3 is 4.74 Å². The highest BCUT2D eigenvalue weighted by atomic mass is 31.2. The summed E-state index contributed by atoms with van der Waals surface area (Å²) in [6, 6.07) is 29.3. The number of rotatable bonds is 6. The van der Waals surface area contributed by atoms with Gasteiger partial charge in [0, 0.05) is 6.07 Å². The van der Waals surface area contributed by atoms with Crippen molar-refractivity contribution in [2.24, 2.45) is 0 Å². The maximum Gasteiger partial charge on any atom is 0.123 e. The minimum atomic E-state index is -1.76. The van der Waals surface area contributed by atoms with Crippen LogP contribution in [0.5, 0.6) is 5.75 Å². The monoisotopic (exact) mass is 338 g/mol. The lowest BCUT2D eigenvalue weighted by Gasteiger charge is -2.23. The van der Waals surface area contributed by atoms with Gasteiger partial charge >= 0.3 is 0 Å².